The molecule has 0 saturated carbocycles. The van der Waals surface area contributed by atoms with E-state index in [0.717, 1.165) is 18.2 Å². The molecule has 0 fully saturated rings. The molecule has 0 bridgehead atoms. The molecule has 0 aliphatic heterocycles. The molecule has 3 aromatic rings. The molecule has 0 spiro atoms. The van der Waals surface area contributed by atoms with Gasteiger partial charge in [-0.1, -0.05) is 0 Å². The number of halogens is 4. The number of aromatic nitrogens is 2. The number of aryl methyl sites for hydroxylation is 2. The molecule has 0 atom stereocenters. The van der Waals surface area contributed by atoms with Crippen molar-refractivity contribution in [2.75, 3.05) is 7.11 Å². The maximum atomic E-state index is 14.5. The molecular weight excluding hydrogens is 336 g/mol. The van der Waals surface area contributed by atoms with Gasteiger partial charge in [0, 0.05) is 36.4 Å². The molecule has 0 saturated heterocycles. The van der Waals surface area contributed by atoms with Gasteiger partial charge in [-0.15, -0.1) is 0 Å². The number of nitrogens with zero attached hydrogens (tertiary/aromatic N) is 2. The highest BCUT2D eigenvalue weighted by molar-refractivity contribution is 5.84. The Bertz CT molecular complexity index is 943. The summed E-state index contributed by atoms with van der Waals surface area (Å²) in [4.78, 5) is 0. The molecule has 3 rings (SSSR count). The lowest BCUT2D eigenvalue weighted by atomic mass is 9.97. The molecule has 1 aromatic heterocycles. The van der Waals surface area contributed by atoms with Gasteiger partial charge in [0.1, 0.15) is 29.0 Å². The summed E-state index contributed by atoms with van der Waals surface area (Å²) in [6.07, 6.45) is 0. The molecule has 3 nitrogen and oxygen atoms in total. The number of methoxy groups -OCH3 is 1. The molecular formula is C18H14F4N2O. The van der Waals surface area contributed by atoms with Crippen molar-refractivity contribution in [3.63, 3.8) is 0 Å². The van der Waals surface area contributed by atoms with E-state index in [2.05, 4.69) is 5.10 Å². The van der Waals surface area contributed by atoms with E-state index >= 15 is 0 Å². The molecule has 25 heavy (non-hydrogen) atoms. The number of benzene rings is 2. The average molecular weight is 350 g/mol. The van der Waals surface area contributed by atoms with Gasteiger partial charge in [-0.2, -0.15) is 5.10 Å². The Morgan fingerprint density at radius 2 is 1.56 bits per heavy atom. The first kappa shape index (κ1) is 17.0. The lowest BCUT2D eigenvalue weighted by Gasteiger charge is -2.11. The Kier molecular flexibility index (Phi) is 4.24. The van der Waals surface area contributed by atoms with E-state index in [1.54, 1.807) is 6.92 Å². The second-order valence-corrected chi connectivity index (χ2v) is 5.52. The molecule has 0 unspecified atom stereocenters. The highest BCUT2D eigenvalue weighted by Crippen LogP contribution is 2.39. The number of hydrogen-bond acceptors (Lipinski definition) is 2. The lowest BCUT2D eigenvalue weighted by Crippen LogP contribution is -1.99. The van der Waals surface area contributed by atoms with Gasteiger partial charge in [-0.25, -0.2) is 17.6 Å². The first-order valence-electron chi connectivity index (χ1n) is 7.36. The highest BCUT2D eigenvalue weighted by Gasteiger charge is 2.25. The Hall–Kier alpha value is -2.83. The van der Waals surface area contributed by atoms with Crippen LogP contribution in [0, 0.1) is 30.2 Å². The SMILES string of the molecule is COc1cc(F)c(-c2c(C)nn(C)c2-c2ccc(F)cc2F)c(F)c1. The number of hydrogen-bond donors (Lipinski definition) is 0. The molecule has 2 aromatic carbocycles. The van der Waals surface area contributed by atoms with Crippen LogP contribution in [0.2, 0.25) is 0 Å². The van der Waals surface area contributed by atoms with E-state index in [-0.39, 0.29) is 28.1 Å². The molecule has 7 heteroatoms. The second-order valence-electron chi connectivity index (χ2n) is 5.52. The number of ether oxygens (including phenoxy) is 1. The van der Waals surface area contributed by atoms with Gasteiger partial charge in [0.25, 0.3) is 0 Å². The van der Waals surface area contributed by atoms with Crippen LogP contribution in [0.5, 0.6) is 5.75 Å². The van der Waals surface area contributed by atoms with Crippen LogP contribution >= 0.6 is 0 Å². The van der Waals surface area contributed by atoms with Gasteiger partial charge < -0.3 is 4.74 Å². The Morgan fingerprint density at radius 3 is 2.12 bits per heavy atom. The first-order valence-corrected chi connectivity index (χ1v) is 7.36. The van der Waals surface area contributed by atoms with Crippen molar-refractivity contribution in [2.45, 2.75) is 6.92 Å². The average Bonchev–Trinajstić information content (AvgIpc) is 2.81. The molecule has 0 radical (unpaired) electrons. The molecule has 0 aliphatic rings. The third-order valence-corrected chi connectivity index (χ3v) is 3.91. The molecule has 130 valence electrons. The lowest BCUT2D eigenvalue weighted by molar-refractivity contribution is 0.407. The van der Waals surface area contributed by atoms with Gasteiger partial charge in [-0.3, -0.25) is 4.68 Å². The maximum absolute atomic E-state index is 14.5. The van der Waals surface area contributed by atoms with Crippen molar-refractivity contribution in [3.8, 4) is 28.1 Å². The molecule has 0 aliphatic carbocycles. The largest absolute Gasteiger partial charge is 0.497 e. The summed E-state index contributed by atoms with van der Waals surface area (Å²) in [6.45, 7) is 1.56. The fourth-order valence-corrected chi connectivity index (χ4v) is 2.85. The fraction of sp³-hybridized carbons (Fsp3) is 0.167. The predicted octanol–water partition coefficient (Wildman–Crippen LogP) is 4.63. The molecule has 0 amide bonds. The Morgan fingerprint density at radius 1 is 0.920 bits per heavy atom. The summed E-state index contributed by atoms with van der Waals surface area (Å²) in [6, 6.07) is 5.07. The van der Waals surface area contributed by atoms with E-state index in [4.69, 9.17) is 4.74 Å². The van der Waals surface area contributed by atoms with Crippen molar-refractivity contribution >= 4 is 0 Å². The van der Waals surface area contributed by atoms with E-state index < -0.39 is 23.3 Å². The van der Waals surface area contributed by atoms with E-state index in [9.17, 15) is 17.6 Å². The monoisotopic (exact) mass is 350 g/mol. The summed E-state index contributed by atoms with van der Waals surface area (Å²) in [5, 5.41) is 4.14. The minimum atomic E-state index is -0.864. The van der Waals surface area contributed by atoms with E-state index in [1.165, 1.54) is 24.9 Å². The van der Waals surface area contributed by atoms with Crippen LogP contribution in [-0.4, -0.2) is 16.9 Å². The first-order chi connectivity index (χ1) is 11.8. The second kappa shape index (κ2) is 6.23. The van der Waals surface area contributed by atoms with Gasteiger partial charge in [-0.05, 0) is 19.1 Å². The van der Waals surface area contributed by atoms with Gasteiger partial charge in [0.05, 0.1) is 24.1 Å². The third kappa shape index (κ3) is 2.86. The van der Waals surface area contributed by atoms with Crippen molar-refractivity contribution in [3.05, 3.63) is 59.3 Å². The summed E-state index contributed by atoms with van der Waals surface area (Å²) in [5.41, 5.74) is 0.215. The summed E-state index contributed by atoms with van der Waals surface area (Å²) >= 11 is 0. The van der Waals surface area contributed by atoms with E-state index in [1.807, 2.05) is 0 Å². The zero-order valence-electron chi connectivity index (χ0n) is 13.7. The minimum absolute atomic E-state index is 0.00545. The summed E-state index contributed by atoms with van der Waals surface area (Å²) in [7, 11) is 2.82. The van der Waals surface area contributed by atoms with Crippen LogP contribution in [0.25, 0.3) is 22.4 Å². The minimum Gasteiger partial charge on any atom is -0.497 e. The van der Waals surface area contributed by atoms with Crippen LogP contribution in [0.4, 0.5) is 17.6 Å². The smallest absolute Gasteiger partial charge is 0.137 e. The predicted molar refractivity (Wildman–Crippen MR) is 85.2 cm³/mol. The topological polar surface area (TPSA) is 27.1 Å². The van der Waals surface area contributed by atoms with Crippen molar-refractivity contribution < 1.29 is 22.3 Å². The van der Waals surface area contributed by atoms with Crippen molar-refractivity contribution in [2.24, 2.45) is 7.05 Å². The standard InChI is InChI=1S/C18H14F4N2O/c1-9-16(17-14(21)7-11(25-3)8-15(17)22)18(24(2)23-9)12-5-4-10(19)6-13(12)20/h4-8H,1-3H3. The summed E-state index contributed by atoms with van der Waals surface area (Å²) < 4.78 is 62.7. The third-order valence-electron chi connectivity index (χ3n) is 3.91. The summed E-state index contributed by atoms with van der Waals surface area (Å²) in [5.74, 6) is -3.30. The van der Waals surface area contributed by atoms with Crippen LogP contribution in [-0.2, 0) is 7.05 Å². The van der Waals surface area contributed by atoms with Gasteiger partial charge in [0.15, 0.2) is 0 Å². The Labute approximate surface area is 141 Å². The van der Waals surface area contributed by atoms with Crippen LogP contribution in [0.3, 0.4) is 0 Å². The van der Waals surface area contributed by atoms with Crippen molar-refractivity contribution in [1.82, 2.24) is 9.78 Å². The van der Waals surface area contributed by atoms with Crippen LogP contribution in [0.15, 0.2) is 30.3 Å². The fourth-order valence-electron chi connectivity index (χ4n) is 2.85. The van der Waals surface area contributed by atoms with Crippen LogP contribution in [0.1, 0.15) is 5.69 Å². The van der Waals surface area contributed by atoms with Crippen molar-refractivity contribution in [1.29, 1.82) is 0 Å². The van der Waals surface area contributed by atoms with Crippen LogP contribution < -0.4 is 4.74 Å². The Balaban J connectivity index is 2.33. The zero-order chi connectivity index (χ0) is 18.3. The van der Waals surface area contributed by atoms with E-state index in [0.29, 0.717) is 11.8 Å². The van der Waals surface area contributed by atoms with Gasteiger partial charge in [0.2, 0.25) is 0 Å². The van der Waals surface area contributed by atoms with Gasteiger partial charge >= 0.3 is 0 Å². The number of rotatable bonds is 3. The normalized spacial score (nSPS) is 11.0. The quantitative estimate of drug-likeness (QED) is 0.644. The zero-order valence-corrected chi connectivity index (χ0v) is 13.7. The maximum Gasteiger partial charge on any atom is 0.137 e. The molecule has 0 N–H and O–H groups in total. The highest BCUT2D eigenvalue weighted by atomic mass is 19.1. The molecule has 1 heterocycles.